The van der Waals surface area contributed by atoms with Gasteiger partial charge in [0.25, 0.3) is 0 Å². The Morgan fingerprint density at radius 3 is 2.54 bits per heavy atom. The largest absolute Gasteiger partial charge is 0.486 e. The first-order chi connectivity index (χ1) is 11.4. The maximum atomic E-state index is 13.9. The molecule has 24 heavy (non-hydrogen) atoms. The lowest BCUT2D eigenvalue weighted by molar-refractivity contribution is -0.133. The molecule has 2 atom stereocenters. The molecule has 4 bridgehead atoms. The minimum atomic E-state index is -0.562. The molecule has 1 aromatic rings. The van der Waals surface area contributed by atoms with Crippen molar-refractivity contribution < 1.29 is 18.7 Å². The summed E-state index contributed by atoms with van der Waals surface area (Å²) in [4.78, 5) is 23.7. The van der Waals surface area contributed by atoms with E-state index in [0.717, 1.165) is 37.0 Å². The van der Waals surface area contributed by atoms with Crippen LogP contribution in [0.5, 0.6) is 5.75 Å². The highest BCUT2D eigenvalue weighted by Crippen LogP contribution is 2.64. The zero-order valence-electron chi connectivity index (χ0n) is 13.8. The van der Waals surface area contributed by atoms with Crippen molar-refractivity contribution in [1.29, 1.82) is 0 Å². The number of hydrogen-bond acceptors (Lipinski definition) is 3. The minimum Gasteiger partial charge on any atom is -0.486 e. The number of carbonyl (C=O) groups excluding carboxylic acids is 2. The molecule has 1 amide bonds. The Morgan fingerprint density at radius 1 is 1.25 bits per heavy atom. The Kier molecular flexibility index (Phi) is 3.62. The van der Waals surface area contributed by atoms with Crippen LogP contribution in [0.4, 0.5) is 10.1 Å². The summed E-state index contributed by atoms with van der Waals surface area (Å²) in [5, 5.41) is 2.41. The van der Waals surface area contributed by atoms with Gasteiger partial charge in [0.15, 0.2) is 5.78 Å². The van der Waals surface area contributed by atoms with Crippen molar-refractivity contribution in [2.75, 3.05) is 11.9 Å². The van der Waals surface area contributed by atoms with Crippen molar-refractivity contribution >= 4 is 17.4 Å². The molecule has 0 saturated heterocycles. The van der Waals surface area contributed by atoms with Crippen molar-refractivity contribution in [2.24, 2.45) is 23.2 Å². The fourth-order valence-corrected chi connectivity index (χ4v) is 5.33. The van der Waals surface area contributed by atoms with Gasteiger partial charge in [-0.1, -0.05) is 0 Å². The highest BCUT2D eigenvalue weighted by molar-refractivity contribution is 5.89. The van der Waals surface area contributed by atoms with Gasteiger partial charge in [0, 0.05) is 18.4 Å². The summed E-state index contributed by atoms with van der Waals surface area (Å²) in [6.07, 6.45) is 5.66. The van der Waals surface area contributed by atoms with Gasteiger partial charge in [0.05, 0.1) is 5.69 Å². The van der Waals surface area contributed by atoms with Crippen molar-refractivity contribution in [1.82, 2.24) is 0 Å². The van der Waals surface area contributed by atoms with Crippen LogP contribution in [0.25, 0.3) is 0 Å². The Labute approximate surface area is 140 Å². The molecule has 4 aliphatic rings. The van der Waals surface area contributed by atoms with Gasteiger partial charge in [-0.05, 0) is 62.0 Å². The molecule has 5 rings (SSSR count). The summed E-state index contributed by atoms with van der Waals surface area (Å²) in [6, 6.07) is 4.25. The summed E-state index contributed by atoms with van der Waals surface area (Å²) in [7, 11) is 0. The van der Waals surface area contributed by atoms with Crippen LogP contribution < -0.4 is 10.1 Å². The SMILES string of the molecule is CC(=O)Nc1ccc(OCC(=O)C23CC4CC(C2)C(C4)C3)cc1F. The van der Waals surface area contributed by atoms with Crippen LogP contribution in [0.3, 0.4) is 0 Å². The van der Waals surface area contributed by atoms with Crippen LogP contribution in [-0.2, 0) is 9.59 Å². The number of halogens is 1. The molecule has 128 valence electrons. The molecule has 1 aromatic carbocycles. The second-order valence-corrected chi connectivity index (χ2v) is 7.78. The molecular formula is C19H22FNO3. The first-order valence-electron chi connectivity index (χ1n) is 8.68. The summed E-state index contributed by atoms with van der Waals surface area (Å²) in [6.45, 7) is 1.33. The third-order valence-electron chi connectivity index (χ3n) is 6.14. The second-order valence-electron chi connectivity index (χ2n) is 7.78. The predicted octanol–water partition coefficient (Wildman–Crippen LogP) is 3.56. The normalized spacial score (nSPS) is 32.8. The summed E-state index contributed by atoms with van der Waals surface area (Å²) < 4.78 is 19.5. The Balaban J connectivity index is 1.39. The van der Waals surface area contributed by atoms with E-state index in [1.54, 1.807) is 6.07 Å². The van der Waals surface area contributed by atoms with Crippen molar-refractivity contribution in [2.45, 2.75) is 39.0 Å². The Bertz CT molecular complexity index is 682. The van der Waals surface area contributed by atoms with Crippen molar-refractivity contribution in [3.8, 4) is 5.75 Å². The van der Waals surface area contributed by atoms with E-state index in [1.165, 1.54) is 31.9 Å². The summed E-state index contributed by atoms with van der Waals surface area (Å²) in [5.74, 6) is 1.80. The molecule has 0 aromatic heterocycles. The van der Waals surface area contributed by atoms with Gasteiger partial charge in [0.1, 0.15) is 18.2 Å². The maximum Gasteiger partial charge on any atom is 0.221 e. The quantitative estimate of drug-likeness (QED) is 0.897. The number of anilines is 1. The van der Waals surface area contributed by atoms with E-state index in [-0.39, 0.29) is 29.4 Å². The fraction of sp³-hybridized carbons (Fsp3) is 0.579. The molecule has 2 unspecified atom stereocenters. The van der Waals surface area contributed by atoms with E-state index in [1.807, 2.05) is 0 Å². The van der Waals surface area contributed by atoms with Crippen LogP contribution in [0.1, 0.15) is 39.0 Å². The zero-order valence-corrected chi connectivity index (χ0v) is 13.8. The molecule has 0 spiro atoms. The number of ketones is 1. The fourth-order valence-electron chi connectivity index (χ4n) is 5.33. The number of amides is 1. The second kappa shape index (κ2) is 5.57. The highest BCUT2D eigenvalue weighted by Gasteiger charge is 2.58. The molecule has 0 aliphatic heterocycles. The Hall–Kier alpha value is -1.91. The van der Waals surface area contributed by atoms with E-state index >= 15 is 0 Å². The maximum absolute atomic E-state index is 13.9. The van der Waals surface area contributed by atoms with Gasteiger partial charge in [-0.3, -0.25) is 9.59 Å². The number of Topliss-reactive ketones (excluding diaryl/α,β-unsaturated/α-hetero) is 1. The zero-order chi connectivity index (χ0) is 16.9. The van der Waals surface area contributed by atoms with E-state index in [0.29, 0.717) is 5.75 Å². The molecule has 4 nitrogen and oxygen atoms in total. The van der Waals surface area contributed by atoms with Gasteiger partial charge < -0.3 is 10.1 Å². The lowest BCUT2D eigenvalue weighted by Gasteiger charge is -2.36. The summed E-state index contributed by atoms with van der Waals surface area (Å²) in [5.41, 5.74) is -0.0590. The van der Waals surface area contributed by atoms with Crippen molar-refractivity contribution in [3.05, 3.63) is 24.0 Å². The third-order valence-corrected chi connectivity index (χ3v) is 6.14. The summed E-state index contributed by atoms with van der Waals surface area (Å²) >= 11 is 0. The van der Waals surface area contributed by atoms with Crippen LogP contribution in [-0.4, -0.2) is 18.3 Å². The predicted molar refractivity (Wildman–Crippen MR) is 87.2 cm³/mol. The average Bonchev–Trinajstić information content (AvgIpc) is 2.94. The van der Waals surface area contributed by atoms with Gasteiger partial charge in [-0.25, -0.2) is 4.39 Å². The van der Waals surface area contributed by atoms with Crippen molar-refractivity contribution in [3.63, 3.8) is 0 Å². The molecule has 1 N–H and O–H groups in total. The van der Waals surface area contributed by atoms with Crippen LogP contribution in [0.2, 0.25) is 0 Å². The molecule has 4 saturated carbocycles. The van der Waals surface area contributed by atoms with Gasteiger partial charge in [-0.2, -0.15) is 0 Å². The number of rotatable bonds is 5. The first-order valence-corrected chi connectivity index (χ1v) is 8.68. The smallest absolute Gasteiger partial charge is 0.221 e. The van der Waals surface area contributed by atoms with E-state index in [4.69, 9.17) is 4.74 Å². The average molecular weight is 331 g/mol. The van der Waals surface area contributed by atoms with Crippen LogP contribution >= 0.6 is 0 Å². The number of carbonyl (C=O) groups is 2. The lowest BCUT2D eigenvalue weighted by Crippen LogP contribution is -2.38. The Morgan fingerprint density at radius 2 is 1.96 bits per heavy atom. The van der Waals surface area contributed by atoms with Gasteiger partial charge in [0.2, 0.25) is 5.91 Å². The molecular weight excluding hydrogens is 309 g/mol. The first kappa shape index (κ1) is 15.6. The van der Waals surface area contributed by atoms with Gasteiger partial charge in [-0.15, -0.1) is 0 Å². The van der Waals surface area contributed by atoms with E-state index in [2.05, 4.69) is 5.32 Å². The van der Waals surface area contributed by atoms with Crippen LogP contribution in [0, 0.1) is 29.0 Å². The molecule has 0 heterocycles. The number of nitrogens with one attached hydrogen (secondary N) is 1. The lowest BCUT2D eigenvalue weighted by atomic mass is 9.67. The number of hydrogen-bond donors (Lipinski definition) is 1. The molecule has 5 heteroatoms. The molecule has 4 fully saturated rings. The molecule has 0 radical (unpaired) electrons. The third kappa shape index (κ3) is 2.60. The highest BCUT2D eigenvalue weighted by atomic mass is 19.1. The number of benzene rings is 1. The standard InChI is InChI=1S/C19H22FNO3/c1-11(22)21-17-3-2-15(6-16(17)20)24-10-18(23)19-7-12-4-13(8-19)14(5-12)9-19/h2-3,6,12-14H,4-5,7-10H2,1H3,(H,21,22). The van der Waals surface area contributed by atoms with E-state index in [9.17, 15) is 14.0 Å². The monoisotopic (exact) mass is 331 g/mol. The topological polar surface area (TPSA) is 55.4 Å². The number of ether oxygens (including phenoxy) is 1. The van der Waals surface area contributed by atoms with E-state index < -0.39 is 5.82 Å². The minimum absolute atomic E-state index is 0.00504. The van der Waals surface area contributed by atoms with Gasteiger partial charge >= 0.3 is 0 Å². The van der Waals surface area contributed by atoms with Crippen LogP contribution in [0.15, 0.2) is 18.2 Å². The molecule has 4 aliphatic carbocycles.